The number of nitrogens with two attached hydrogens (primary N) is 1. The van der Waals surface area contributed by atoms with Crippen molar-refractivity contribution in [1.29, 1.82) is 0 Å². The maximum Gasteiger partial charge on any atom is 0.416 e. The first-order valence-corrected chi connectivity index (χ1v) is 7.79. The zero-order valence-corrected chi connectivity index (χ0v) is 13.8. The summed E-state index contributed by atoms with van der Waals surface area (Å²) in [6, 6.07) is 14.2. The van der Waals surface area contributed by atoms with Gasteiger partial charge in [0.05, 0.1) is 11.1 Å². The van der Waals surface area contributed by atoms with E-state index in [0.29, 0.717) is 16.9 Å². The summed E-state index contributed by atoms with van der Waals surface area (Å²) < 4.78 is 56.6. The Morgan fingerprint density at radius 2 is 1.44 bits per heavy atom. The molecule has 27 heavy (non-hydrogen) atoms. The monoisotopic (exact) mass is 375 g/mol. The predicted molar refractivity (Wildman–Crippen MR) is 91.9 cm³/mol. The van der Waals surface area contributed by atoms with Crippen molar-refractivity contribution in [2.45, 2.75) is 6.18 Å². The molecule has 0 unspecified atom stereocenters. The molecule has 0 heterocycles. The molecule has 0 fully saturated rings. The first-order chi connectivity index (χ1) is 12.7. The summed E-state index contributed by atoms with van der Waals surface area (Å²) in [5.41, 5.74) is 5.67. The van der Waals surface area contributed by atoms with E-state index in [9.17, 15) is 22.4 Å². The standard InChI is InChI=1S/C20H13F4NO2/c21-15-6-8-16(9-7-15)27-18-10-3-13(11-17(18)19(25)26)12-1-4-14(5-2-12)20(22,23)24/h1-11H,(H2,25,26). The summed E-state index contributed by atoms with van der Waals surface area (Å²) in [6.07, 6.45) is -4.43. The molecule has 0 aliphatic rings. The smallest absolute Gasteiger partial charge is 0.416 e. The van der Waals surface area contributed by atoms with Crippen LogP contribution < -0.4 is 10.5 Å². The highest BCUT2D eigenvalue weighted by Gasteiger charge is 2.30. The molecule has 1 amide bonds. The predicted octanol–water partition coefficient (Wildman–Crippen LogP) is 5.40. The van der Waals surface area contributed by atoms with Crippen molar-refractivity contribution in [1.82, 2.24) is 0 Å². The van der Waals surface area contributed by atoms with Crippen LogP contribution in [0.4, 0.5) is 17.6 Å². The summed E-state index contributed by atoms with van der Waals surface area (Å²) in [6.45, 7) is 0. The van der Waals surface area contributed by atoms with Crippen LogP contribution in [0.25, 0.3) is 11.1 Å². The molecule has 3 nitrogen and oxygen atoms in total. The largest absolute Gasteiger partial charge is 0.457 e. The third-order valence-electron chi connectivity index (χ3n) is 3.83. The summed E-state index contributed by atoms with van der Waals surface area (Å²) >= 11 is 0. The van der Waals surface area contributed by atoms with E-state index in [2.05, 4.69) is 0 Å². The molecule has 0 aliphatic carbocycles. The van der Waals surface area contributed by atoms with Crippen LogP contribution in [0.1, 0.15) is 15.9 Å². The minimum absolute atomic E-state index is 0.0525. The number of hydrogen-bond donors (Lipinski definition) is 1. The Bertz CT molecular complexity index is 965. The number of halogens is 4. The number of hydrogen-bond acceptors (Lipinski definition) is 2. The molecular weight excluding hydrogens is 362 g/mol. The van der Waals surface area contributed by atoms with Crippen molar-refractivity contribution in [3.05, 3.63) is 83.7 Å². The molecule has 0 aliphatic heterocycles. The van der Waals surface area contributed by atoms with Gasteiger partial charge in [-0.2, -0.15) is 13.2 Å². The van der Waals surface area contributed by atoms with Crippen LogP contribution >= 0.6 is 0 Å². The minimum Gasteiger partial charge on any atom is -0.457 e. The van der Waals surface area contributed by atoms with Gasteiger partial charge in [-0.3, -0.25) is 4.79 Å². The van der Waals surface area contributed by atoms with E-state index in [-0.39, 0.29) is 11.3 Å². The number of carbonyl (C=O) groups is 1. The molecule has 2 N–H and O–H groups in total. The van der Waals surface area contributed by atoms with E-state index in [4.69, 9.17) is 10.5 Å². The number of amides is 1. The third kappa shape index (κ3) is 4.25. The van der Waals surface area contributed by atoms with Crippen LogP contribution in [0.15, 0.2) is 66.7 Å². The molecule has 0 radical (unpaired) electrons. The average Bonchev–Trinajstić information content (AvgIpc) is 2.63. The molecule has 7 heteroatoms. The van der Waals surface area contributed by atoms with E-state index >= 15 is 0 Å². The van der Waals surface area contributed by atoms with Crippen molar-refractivity contribution in [2.75, 3.05) is 0 Å². The molecule has 0 saturated heterocycles. The molecule has 3 aromatic carbocycles. The Labute approximate surface area is 152 Å². The van der Waals surface area contributed by atoms with E-state index in [1.807, 2.05) is 0 Å². The van der Waals surface area contributed by atoms with Gasteiger partial charge >= 0.3 is 6.18 Å². The molecule has 0 saturated carbocycles. The Morgan fingerprint density at radius 3 is 2.00 bits per heavy atom. The van der Waals surface area contributed by atoms with Gasteiger partial charge in [0.15, 0.2) is 0 Å². The van der Waals surface area contributed by atoms with Crippen molar-refractivity contribution >= 4 is 5.91 Å². The molecule has 3 rings (SSSR count). The lowest BCUT2D eigenvalue weighted by Crippen LogP contribution is -2.12. The second kappa shape index (κ2) is 7.11. The van der Waals surface area contributed by atoms with E-state index < -0.39 is 23.5 Å². The van der Waals surface area contributed by atoms with Gasteiger partial charge in [-0.1, -0.05) is 18.2 Å². The van der Waals surface area contributed by atoms with Gasteiger partial charge in [0.25, 0.3) is 5.91 Å². The molecule has 0 spiro atoms. The van der Waals surface area contributed by atoms with Crippen molar-refractivity contribution in [2.24, 2.45) is 5.73 Å². The fourth-order valence-corrected chi connectivity index (χ4v) is 2.47. The molecule has 138 valence electrons. The summed E-state index contributed by atoms with van der Waals surface area (Å²) in [7, 11) is 0. The van der Waals surface area contributed by atoms with Crippen LogP contribution in [-0.4, -0.2) is 5.91 Å². The van der Waals surface area contributed by atoms with Crippen molar-refractivity contribution < 1.29 is 27.1 Å². The second-order valence-electron chi connectivity index (χ2n) is 5.71. The molecule has 0 atom stereocenters. The third-order valence-corrected chi connectivity index (χ3v) is 3.83. The van der Waals surface area contributed by atoms with Crippen LogP contribution in [0.2, 0.25) is 0 Å². The van der Waals surface area contributed by atoms with E-state index in [1.54, 1.807) is 6.07 Å². The number of ether oxygens (including phenoxy) is 1. The second-order valence-corrected chi connectivity index (χ2v) is 5.71. The minimum atomic E-state index is -4.43. The number of carbonyl (C=O) groups excluding carboxylic acids is 1. The number of benzene rings is 3. The van der Waals surface area contributed by atoms with Crippen LogP contribution in [0.5, 0.6) is 11.5 Å². The highest BCUT2D eigenvalue weighted by Crippen LogP contribution is 2.33. The van der Waals surface area contributed by atoms with E-state index in [1.165, 1.54) is 48.5 Å². The van der Waals surface area contributed by atoms with Gasteiger partial charge in [-0.05, 0) is 59.7 Å². The zero-order chi connectivity index (χ0) is 19.6. The average molecular weight is 375 g/mol. The lowest BCUT2D eigenvalue weighted by Gasteiger charge is -2.12. The Balaban J connectivity index is 1.93. The maximum absolute atomic E-state index is 13.0. The zero-order valence-electron chi connectivity index (χ0n) is 13.8. The van der Waals surface area contributed by atoms with Crippen LogP contribution in [-0.2, 0) is 6.18 Å². The van der Waals surface area contributed by atoms with Gasteiger partial charge in [0.1, 0.15) is 17.3 Å². The van der Waals surface area contributed by atoms with Crippen molar-refractivity contribution in [3.63, 3.8) is 0 Å². The fraction of sp³-hybridized carbons (Fsp3) is 0.0500. The van der Waals surface area contributed by atoms with Gasteiger partial charge < -0.3 is 10.5 Å². The summed E-state index contributed by atoms with van der Waals surface area (Å²) in [4.78, 5) is 11.8. The quantitative estimate of drug-likeness (QED) is 0.621. The first-order valence-electron chi connectivity index (χ1n) is 7.79. The van der Waals surface area contributed by atoms with Crippen LogP contribution in [0, 0.1) is 5.82 Å². The SMILES string of the molecule is NC(=O)c1cc(-c2ccc(C(F)(F)F)cc2)ccc1Oc1ccc(F)cc1. The normalized spacial score (nSPS) is 11.3. The van der Waals surface area contributed by atoms with Gasteiger partial charge in [0, 0.05) is 0 Å². The number of rotatable bonds is 4. The molecule has 3 aromatic rings. The molecule has 0 aromatic heterocycles. The summed E-state index contributed by atoms with van der Waals surface area (Å²) in [5, 5.41) is 0. The topological polar surface area (TPSA) is 52.3 Å². The van der Waals surface area contributed by atoms with Crippen LogP contribution in [0.3, 0.4) is 0 Å². The maximum atomic E-state index is 13.0. The lowest BCUT2D eigenvalue weighted by molar-refractivity contribution is -0.137. The highest BCUT2D eigenvalue weighted by molar-refractivity contribution is 5.97. The van der Waals surface area contributed by atoms with E-state index in [0.717, 1.165) is 12.1 Å². The Morgan fingerprint density at radius 1 is 0.852 bits per heavy atom. The first kappa shape index (κ1) is 18.4. The number of alkyl halides is 3. The highest BCUT2D eigenvalue weighted by atomic mass is 19.4. The number of primary amides is 1. The lowest BCUT2D eigenvalue weighted by atomic mass is 10.0. The fourth-order valence-electron chi connectivity index (χ4n) is 2.47. The van der Waals surface area contributed by atoms with Gasteiger partial charge in [0.2, 0.25) is 0 Å². The van der Waals surface area contributed by atoms with Crippen molar-refractivity contribution in [3.8, 4) is 22.6 Å². The Hall–Kier alpha value is -3.35. The van der Waals surface area contributed by atoms with Gasteiger partial charge in [-0.15, -0.1) is 0 Å². The van der Waals surface area contributed by atoms with Gasteiger partial charge in [-0.25, -0.2) is 4.39 Å². The molecule has 0 bridgehead atoms. The summed E-state index contributed by atoms with van der Waals surface area (Å²) in [5.74, 6) is -0.734. The Kier molecular flexibility index (Phi) is 4.85. The molecular formula is C20H13F4NO2.